The van der Waals surface area contributed by atoms with Crippen LogP contribution in [-0.4, -0.2) is 36.7 Å². The van der Waals surface area contributed by atoms with Crippen molar-refractivity contribution in [3.05, 3.63) is 54.2 Å². The summed E-state index contributed by atoms with van der Waals surface area (Å²) >= 11 is 0. The maximum atomic E-state index is 13.0. The van der Waals surface area contributed by atoms with Crippen molar-refractivity contribution in [2.24, 2.45) is 0 Å². The number of rotatable bonds is 2. The number of carbonyl (C=O) groups excluding carboxylic acids is 1. The molecule has 25 heavy (non-hydrogen) atoms. The van der Waals surface area contributed by atoms with Gasteiger partial charge in [0.15, 0.2) is 5.69 Å². The number of nitrogens with zero attached hydrogens (tertiary/aromatic N) is 6. The minimum Gasteiger partial charge on any atom is -0.289 e. The van der Waals surface area contributed by atoms with E-state index in [4.69, 9.17) is 0 Å². The van der Waals surface area contributed by atoms with Gasteiger partial charge in [0.25, 0.3) is 5.91 Å². The summed E-state index contributed by atoms with van der Waals surface area (Å²) < 4.78 is 14.9. The molecular weight excluding hydrogens is 323 g/mol. The second kappa shape index (κ2) is 5.80. The molecule has 0 unspecified atom stereocenters. The second-order valence-corrected chi connectivity index (χ2v) is 6.24. The topological polar surface area (TPSA) is 68.8 Å². The Morgan fingerprint density at radius 2 is 1.88 bits per heavy atom. The highest BCUT2D eigenvalue weighted by Crippen LogP contribution is 2.32. The van der Waals surface area contributed by atoms with Crippen LogP contribution in [0.2, 0.25) is 0 Å². The van der Waals surface area contributed by atoms with Gasteiger partial charge < -0.3 is 0 Å². The van der Waals surface area contributed by atoms with Crippen molar-refractivity contribution in [2.75, 3.05) is 4.90 Å². The van der Waals surface area contributed by atoms with Gasteiger partial charge in [-0.2, -0.15) is 15.0 Å². The first-order valence-corrected chi connectivity index (χ1v) is 8.10. The zero-order valence-electron chi connectivity index (χ0n) is 13.9. The lowest BCUT2D eigenvalue weighted by atomic mass is 10.1. The summed E-state index contributed by atoms with van der Waals surface area (Å²) in [5.41, 5.74) is 0.823. The zero-order valence-corrected chi connectivity index (χ0v) is 13.9. The molecule has 1 amide bonds. The molecule has 3 aromatic rings. The normalized spacial score (nSPS) is 19.7. The molecule has 0 fully saturated rings. The van der Waals surface area contributed by atoms with Crippen LogP contribution in [0, 0.1) is 5.82 Å². The van der Waals surface area contributed by atoms with Gasteiger partial charge in [0, 0.05) is 12.1 Å². The van der Waals surface area contributed by atoms with Gasteiger partial charge >= 0.3 is 0 Å². The maximum Gasteiger partial charge on any atom is 0.281 e. The molecule has 0 aliphatic carbocycles. The van der Waals surface area contributed by atoms with Crippen molar-refractivity contribution < 1.29 is 9.18 Å². The molecule has 2 aromatic heterocycles. The Bertz CT molecular complexity index is 915. The van der Waals surface area contributed by atoms with Gasteiger partial charge in [-0.1, -0.05) is 0 Å². The Balaban J connectivity index is 1.66. The number of aromatic nitrogens is 5. The fourth-order valence-corrected chi connectivity index (χ4v) is 3.25. The third-order valence-electron chi connectivity index (χ3n) is 4.42. The van der Waals surface area contributed by atoms with Crippen molar-refractivity contribution in [3.63, 3.8) is 0 Å². The number of fused-ring (bicyclic) bond motifs is 1. The standard InChI is InChI=1S/C17H17FN6O/c1-11-9-12(2)23-16(7-8-19-23)22(11)17(25)15-10-20-24(21-15)14-5-3-13(18)4-6-14/h3-8,10-12H,9H2,1-2H3/t11-,12+/m0/s1. The second-order valence-electron chi connectivity index (χ2n) is 6.24. The van der Waals surface area contributed by atoms with E-state index in [9.17, 15) is 9.18 Å². The third kappa shape index (κ3) is 2.59. The summed E-state index contributed by atoms with van der Waals surface area (Å²) in [5.74, 6) is 0.193. The molecule has 0 radical (unpaired) electrons. The van der Waals surface area contributed by atoms with Crippen LogP contribution in [0.5, 0.6) is 0 Å². The highest BCUT2D eigenvalue weighted by atomic mass is 19.1. The molecule has 0 N–H and O–H groups in total. The van der Waals surface area contributed by atoms with Crippen LogP contribution < -0.4 is 4.90 Å². The summed E-state index contributed by atoms with van der Waals surface area (Å²) in [6.45, 7) is 4.09. The predicted octanol–water partition coefficient (Wildman–Crippen LogP) is 2.60. The molecule has 4 rings (SSSR count). The van der Waals surface area contributed by atoms with Crippen molar-refractivity contribution >= 4 is 11.7 Å². The first-order valence-electron chi connectivity index (χ1n) is 8.10. The summed E-state index contributed by atoms with van der Waals surface area (Å²) in [6.07, 6.45) is 3.93. The SMILES string of the molecule is C[C@@H]1C[C@H](C)N(C(=O)c2cnn(-c3ccc(F)cc3)n2)c2ccnn21. The van der Waals surface area contributed by atoms with Crippen LogP contribution in [-0.2, 0) is 0 Å². The number of anilines is 1. The van der Waals surface area contributed by atoms with Crippen molar-refractivity contribution in [3.8, 4) is 5.69 Å². The molecule has 0 saturated carbocycles. The largest absolute Gasteiger partial charge is 0.289 e. The first-order chi connectivity index (χ1) is 12.0. The molecule has 2 atom stereocenters. The minimum atomic E-state index is -0.336. The van der Waals surface area contributed by atoms with Crippen molar-refractivity contribution in [1.82, 2.24) is 24.8 Å². The van der Waals surface area contributed by atoms with Gasteiger partial charge in [0.2, 0.25) is 0 Å². The fourth-order valence-electron chi connectivity index (χ4n) is 3.25. The van der Waals surface area contributed by atoms with Crippen LogP contribution in [0.4, 0.5) is 10.2 Å². The van der Waals surface area contributed by atoms with Gasteiger partial charge in [-0.05, 0) is 44.5 Å². The van der Waals surface area contributed by atoms with Crippen molar-refractivity contribution in [1.29, 1.82) is 0 Å². The average molecular weight is 340 g/mol. The van der Waals surface area contributed by atoms with E-state index in [1.165, 1.54) is 23.1 Å². The molecule has 1 aliphatic heterocycles. The number of hydrogen-bond donors (Lipinski definition) is 0. The zero-order chi connectivity index (χ0) is 17.6. The maximum absolute atomic E-state index is 13.0. The Hall–Kier alpha value is -3.03. The number of carbonyl (C=O) groups is 1. The molecule has 3 heterocycles. The van der Waals surface area contributed by atoms with Crippen LogP contribution in [0.15, 0.2) is 42.7 Å². The van der Waals surface area contributed by atoms with Crippen molar-refractivity contribution in [2.45, 2.75) is 32.4 Å². The predicted molar refractivity (Wildman–Crippen MR) is 89.1 cm³/mol. The average Bonchev–Trinajstić information content (AvgIpc) is 3.25. The molecule has 7 nitrogen and oxygen atoms in total. The smallest absolute Gasteiger partial charge is 0.281 e. The van der Waals surface area contributed by atoms with E-state index in [2.05, 4.69) is 22.2 Å². The van der Waals surface area contributed by atoms with E-state index in [0.717, 1.165) is 12.2 Å². The third-order valence-corrected chi connectivity index (χ3v) is 4.42. The summed E-state index contributed by atoms with van der Waals surface area (Å²) in [6, 6.07) is 7.86. The number of halogens is 1. The van der Waals surface area contributed by atoms with Gasteiger partial charge in [-0.15, -0.1) is 5.10 Å². The quantitative estimate of drug-likeness (QED) is 0.719. The van der Waals surface area contributed by atoms with Gasteiger partial charge in [-0.25, -0.2) is 9.07 Å². The number of benzene rings is 1. The Morgan fingerprint density at radius 1 is 1.12 bits per heavy atom. The van der Waals surface area contributed by atoms with E-state index in [1.807, 2.05) is 17.7 Å². The number of amides is 1. The molecule has 8 heteroatoms. The molecule has 0 saturated heterocycles. The fraction of sp³-hybridized carbons (Fsp3) is 0.294. The van der Waals surface area contributed by atoms with Gasteiger partial charge in [0.1, 0.15) is 11.6 Å². The van der Waals surface area contributed by atoms with E-state index in [0.29, 0.717) is 5.69 Å². The lowest BCUT2D eigenvalue weighted by molar-refractivity contribution is 0.0961. The summed E-state index contributed by atoms with van der Waals surface area (Å²) in [7, 11) is 0. The molecule has 1 aliphatic rings. The lowest BCUT2D eigenvalue weighted by Gasteiger charge is -2.36. The Morgan fingerprint density at radius 3 is 2.64 bits per heavy atom. The number of hydrogen-bond acceptors (Lipinski definition) is 4. The van der Waals surface area contributed by atoms with Crippen LogP contribution in [0.3, 0.4) is 0 Å². The molecule has 1 aromatic carbocycles. The van der Waals surface area contributed by atoms with Crippen LogP contribution in [0.1, 0.15) is 36.8 Å². The monoisotopic (exact) mass is 340 g/mol. The highest BCUT2D eigenvalue weighted by molar-refractivity contribution is 6.04. The minimum absolute atomic E-state index is 0.0303. The molecule has 128 valence electrons. The lowest BCUT2D eigenvalue weighted by Crippen LogP contribution is -2.45. The Labute approximate surface area is 143 Å². The van der Waals surface area contributed by atoms with E-state index in [-0.39, 0.29) is 29.5 Å². The van der Waals surface area contributed by atoms with Crippen LogP contribution >= 0.6 is 0 Å². The van der Waals surface area contributed by atoms with Crippen LogP contribution in [0.25, 0.3) is 5.69 Å². The molecule has 0 bridgehead atoms. The summed E-state index contributed by atoms with van der Waals surface area (Å²) in [5, 5.41) is 12.7. The highest BCUT2D eigenvalue weighted by Gasteiger charge is 2.34. The first kappa shape index (κ1) is 15.5. The Kier molecular flexibility index (Phi) is 3.60. The molecular formula is C17H17FN6O. The van der Waals surface area contributed by atoms with E-state index >= 15 is 0 Å². The van der Waals surface area contributed by atoms with E-state index in [1.54, 1.807) is 23.2 Å². The summed E-state index contributed by atoms with van der Waals surface area (Å²) in [4.78, 5) is 16.0. The molecule has 0 spiro atoms. The van der Waals surface area contributed by atoms with Gasteiger partial charge in [0.05, 0.1) is 24.1 Å². The van der Waals surface area contributed by atoms with Gasteiger partial charge in [-0.3, -0.25) is 9.69 Å². The van der Waals surface area contributed by atoms with E-state index < -0.39 is 0 Å².